The Hall–Kier alpha value is -1.73. The number of hydrogen-bond acceptors (Lipinski definition) is 5. The fourth-order valence-corrected chi connectivity index (χ4v) is 1.40. The quantitative estimate of drug-likeness (QED) is 0.722. The van der Waals surface area contributed by atoms with Gasteiger partial charge in [0.1, 0.15) is 17.8 Å². The molecule has 0 aromatic carbocycles. The van der Waals surface area contributed by atoms with E-state index in [2.05, 4.69) is 10.3 Å². The lowest BCUT2D eigenvalue weighted by atomic mass is 10.1. The van der Waals surface area contributed by atoms with Crippen molar-refractivity contribution in [2.24, 2.45) is 0 Å². The Kier molecular flexibility index (Phi) is 5.41. The number of ether oxygens (including phenoxy) is 1. The lowest BCUT2D eigenvalue weighted by Crippen LogP contribution is -2.39. The van der Waals surface area contributed by atoms with Gasteiger partial charge in [0.05, 0.1) is 5.69 Å². The fourth-order valence-electron chi connectivity index (χ4n) is 1.40. The van der Waals surface area contributed by atoms with Crippen LogP contribution in [0.1, 0.15) is 32.6 Å². The number of pyridine rings is 1. The van der Waals surface area contributed by atoms with E-state index in [1.54, 1.807) is 20.8 Å². The number of rotatable bonds is 4. The number of aromatic nitrogens is 1. The highest BCUT2D eigenvalue weighted by Crippen LogP contribution is 2.14. The summed E-state index contributed by atoms with van der Waals surface area (Å²) in [6, 6.07) is 3.88. The zero-order valence-corrected chi connectivity index (χ0v) is 11.6. The van der Waals surface area contributed by atoms with Crippen molar-refractivity contribution in [3.63, 3.8) is 0 Å². The van der Waals surface area contributed by atoms with Gasteiger partial charge in [-0.3, -0.25) is 0 Å². The van der Waals surface area contributed by atoms with Crippen LogP contribution in [0.4, 0.5) is 9.18 Å². The molecule has 112 valence electrons. The number of nitrogens with one attached hydrogen (secondary N) is 1. The predicted octanol–water partition coefficient (Wildman–Crippen LogP) is 1.14. The van der Waals surface area contributed by atoms with Crippen molar-refractivity contribution < 1.29 is 24.1 Å². The van der Waals surface area contributed by atoms with Crippen LogP contribution in [0.3, 0.4) is 0 Å². The molecule has 0 fully saturated rings. The van der Waals surface area contributed by atoms with E-state index >= 15 is 0 Å². The highest BCUT2D eigenvalue weighted by Gasteiger charge is 2.22. The molecule has 6 nitrogen and oxygen atoms in total. The maximum atomic E-state index is 12.9. The monoisotopic (exact) mass is 286 g/mol. The van der Waals surface area contributed by atoms with Gasteiger partial charge in [0.2, 0.25) is 5.95 Å². The van der Waals surface area contributed by atoms with Gasteiger partial charge in [0, 0.05) is 6.54 Å². The molecule has 1 rings (SSSR count). The lowest BCUT2D eigenvalue weighted by Gasteiger charge is -2.22. The number of amides is 1. The van der Waals surface area contributed by atoms with E-state index in [1.807, 2.05) is 0 Å². The lowest BCUT2D eigenvalue weighted by molar-refractivity contribution is 0.0105. The summed E-state index contributed by atoms with van der Waals surface area (Å²) in [6.45, 7) is 4.87. The van der Waals surface area contributed by atoms with Gasteiger partial charge in [-0.05, 0) is 32.9 Å². The first-order chi connectivity index (χ1) is 9.19. The van der Waals surface area contributed by atoms with Crippen molar-refractivity contribution in [2.45, 2.75) is 38.6 Å². The van der Waals surface area contributed by atoms with Crippen LogP contribution in [0.25, 0.3) is 0 Å². The van der Waals surface area contributed by atoms with Gasteiger partial charge in [0.25, 0.3) is 0 Å². The predicted molar refractivity (Wildman–Crippen MR) is 69.4 cm³/mol. The summed E-state index contributed by atoms with van der Waals surface area (Å²) in [5.41, 5.74) is -0.666. The summed E-state index contributed by atoms with van der Waals surface area (Å²) < 4.78 is 17.9. The van der Waals surface area contributed by atoms with E-state index < -0.39 is 29.8 Å². The van der Waals surface area contributed by atoms with Crippen molar-refractivity contribution in [1.29, 1.82) is 0 Å². The Labute approximate surface area is 116 Å². The van der Waals surface area contributed by atoms with E-state index in [0.29, 0.717) is 0 Å². The van der Waals surface area contributed by atoms with Gasteiger partial charge < -0.3 is 20.3 Å². The first kappa shape index (κ1) is 16.3. The summed E-state index contributed by atoms with van der Waals surface area (Å²) in [4.78, 5) is 14.8. The molecule has 0 spiro atoms. The topological polar surface area (TPSA) is 91.7 Å². The molecule has 0 aliphatic heterocycles. The van der Waals surface area contributed by atoms with E-state index in [9.17, 15) is 19.4 Å². The molecule has 1 heterocycles. The molecule has 0 saturated carbocycles. The third-order valence-electron chi connectivity index (χ3n) is 2.26. The third-order valence-corrected chi connectivity index (χ3v) is 2.26. The van der Waals surface area contributed by atoms with E-state index in [-0.39, 0.29) is 12.2 Å². The molecule has 7 heteroatoms. The molecular formula is C13H19FN2O4. The van der Waals surface area contributed by atoms with Gasteiger partial charge in [-0.2, -0.15) is 4.39 Å². The first-order valence-electron chi connectivity index (χ1n) is 6.14. The minimum absolute atomic E-state index is 0.0107. The molecule has 1 aromatic heterocycles. The molecule has 1 aromatic rings. The summed E-state index contributed by atoms with van der Waals surface area (Å²) in [7, 11) is 0. The second kappa shape index (κ2) is 6.62. The van der Waals surface area contributed by atoms with Gasteiger partial charge >= 0.3 is 6.09 Å². The van der Waals surface area contributed by atoms with Crippen LogP contribution in [0, 0.1) is 5.95 Å². The average Bonchev–Trinajstić information content (AvgIpc) is 2.33. The number of aliphatic hydroxyl groups is 2. The molecular weight excluding hydrogens is 267 g/mol. The van der Waals surface area contributed by atoms with Crippen molar-refractivity contribution in [1.82, 2.24) is 10.3 Å². The number of aliphatic hydroxyl groups excluding tert-OH is 2. The molecule has 3 N–H and O–H groups in total. The summed E-state index contributed by atoms with van der Waals surface area (Å²) >= 11 is 0. The number of carbonyl (C=O) groups is 1. The third kappa shape index (κ3) is 5.50. The van der Waals surface area contributed by atoms with Gasteiger partial charge in [0.15, 0.2) is 0 Å². The Morgan fingerprint density at radius 1 is 1.45 bits per heavy atom. The number of hydrogen-bond donors (Lipinski definition) is 3. The van der Waals surface area contributed by atoms with Crippen LogP contribution in [0.2, 0.25) is 0 Å². The SMILES string of the molecule is CC(C)(C)OC(=O)NCC(O)C(O)c1cccc(F)n1. The Bertz CT molecular complexity index is 462. The van der Waals surface area contributed by atoms with Gasteiger partial charge in [-0.25, -0.2) is 9.78 Å². The van der Waals surface area contributed by atoms with Gasteiger partial charge in [-0.15, -0.1) is 0 Å². The number of carbonyl (C=O) groups excluding carboxylic acids is 1. The number of nitrogens with zero attached hydrogens (tertiary/aromatic N) is 1. The van der Waals surface area contributed by atoms with Crippen molar-refractivity contribution in [3.05, 3.63) is 29.8 Å². The van der Waals surface area contributed by atoms with Crippen LogP contribution >= 0.6 is 0 Å². The highest BCUT2D eigenvalue weighted by atomic mass is 19.1. The van der Waals surface area contributed by atoms with Crippen molar-refractivity contribution in [2.75, 3.05) is 6.54 Å². The minimum atomic E-state index is -1.40. The molecule has 0 radical (unpaired) electrons. The smallest absolute Gasteiger partial charge is 0.407 e. The molecule has 2 atom stereocenters. The summed E-state index contributed by atoms with van der Waals surface area (Å²) in [6.07, 6.45) is -3.44. The second-order valence-corrected chi connectivity index (χ2v) is 5.28. The fraction of sp³-hybridized carbons (Fsp3) is 0.538. The second-order valence-electron chi connectivity index (χ2n) is 5.28. The number of halogens is 1. The largest absolute Gasteiger partial charge is 0.444 e. The maximum Gasteiger partial charge on any atom is 0.407 e. The summed E-state index contributed by atoms with van der Waals surface area (Å²) in [5.74, 6) is -0.756. The van der Waals surface area contributed by atoms with Crippen LogP contribution in [-0.4, -0.2) is 39.5 Å². The Balaban J connectivity index is 2.50. The first-order valence-corrected chi connectivity index (χ1v) is 6.14. The van der Waals surface area contributed by atoms with E-state index in [0.717, 1.165) is 6.07 Å². The van der Waals surface area contributed by atoms with Gasteiger partial charge in [-0.1, -0.05) is 6.07 Å². The zero-order chi connectivity index (χ0) is 15.3. The molecule has 1 amide bonds. The van der Waals surface area contributed by atoms with Crippen molar-refractivity contribution in [3.8, 4) is 0 Å². The highest BCUT2D eigenvalue weighted by molar-refractivity contribution is 5.67. The van der Waals surface area contributed by atoms with Crippen LogP contribution in [0.5, 0.6) is 0 Å². The van der Waals surface area contributed by atoms with E-state index in [1.165, 1.54) is 12.1 Å². The Morgan fingerprint density at radius 2 is 2.10 bits per heavy atom. The molecule has 0 bridgehead atoms. The van der Waals surface area contributed by atoms with E-state index in [4.69, 9.17) is 4.74 Å². The van der Waals surface area contributed by atoms with Crippen LogP contribution in [-0.2, 0) is 4.74 Å². The standard InChI is InChI=1S/C13H19FN2O4/c1-13(2,3)20-12(19)15-7-9(17)11(18)8-5-4-6-10(14)16-8/h4-6,9,11,17-18H,7H2,1-3H3,(H,15,19). The van der Waals surface area contributed by atoms with Crippen LogP contribution < -0.4 is 5.32 Å². The summed E-state index contributed by atoms with van der Waals surface area (Å²) in [5, 5.41) is 21.8. The molecule has 0 saturated heterocycles. The molecule has 0 aliphatic rings. The molecule has 0 aliphatic carbocycles. The van der Waals surface area contributed by atoms with Crippen LogP contribution in [0.15, 0.2) is 18.2 Å². The maximum absolute atomic E-state index is 12.9. The zero-order valence-electron chi connectivity index (χ0n) is 11.6. The number of alkyl carbamates (subject to hydrolysis) is 1. The molecule has 2 unspecified atom stereocenters. The normalized spacial score (nSPS) is 14.5. The van der Waals surface area contributed by atoms with Crippen molar-refractivity contribution >= 4 is 6.09 Å². The minimum Gasteiger partial charge on any atom is -0.444 e. The average molecular weight is 286 g/mol. The Morgan fingerprint density at radius 3 is 2.65 bits per heavy atom. The molecule has 20 heavy (non-hydrogen) atoms.